The van der Waals surface area contributed by atoms with Crippen LogP contribution in [0.3, 0.4) is 0 Å². The summed E-state index contributed by atoms with van der Waals surface area (Å²) in [4.78, 5) is 0. The third-order valence-electron chi connectivity index (χ3n) is 3.99. The minimum absolute atomic E-state index is 0. The first-order valence-electron chi connectivity index (χ1n) is 9.35. The number of hydrogen-bond donors (Lipinski definition) is 0. The molecule has 138 valence electrons. The second-order valence-electron chi connectivity index (χ2n) is 6.26. The Morgan fingerprint density at radius 2 is 1.12 bits per heavy atom. The van der Waals surface area contributed by atoms with Crippen molar-refractivity contribution in [3.8, 4) is 0 Å². The molecule has 0 saturated heterocycles. The maximum atomic E-state index is 10.2. The summed E-state index contributed by atoms with van der Waals surface area (Å²) in [7, 11) is -4.58. The van der Waals surface area contributed by atoms with Gasteiger partial charge in [-0.15, -0.1) is 0 Å². The molecule has 0 fully saturated rings. The summed E-state index contributed by atoms with van der Waals surface area (Å²) in [5, 5.41) is 0. The first-order valence-corrected chi connectivity index (χ1v) is 10.7. The number of allylic oxidation sites excluding steroid dienone is 1. The molecule has 0 rings (SSSR count). The van der Waals surface area contributed by atoms with Gasteiger partial charge in [-0.2, -0.15) is 0 Å². The van der Waals surface area contributed by atoms with Crippen molar-refractivity contribution in [3.05, 3.63) is 12.3 Å². The fraction of sp³-hybridized carbons (Fsp3) is 0.889. The average Bonchev–Trinajstić information content (AvgIpc) is 2.49. The van der Waals surface area contributed by atoms with Crippen LogP contribution in [0.1, 0.15) is 103 Å². The summed E-state index contributed by atoms with van der Waals surface area (Å²) in [6, 6.07) is 0. The van der Waals surface area contributed by atoms with Gasteiger partial charge < -0.3 is 8.74 Å². The molecule has 0 saturated carbocycles. The fourth-order valence-corrected chi connectivity index (χ4v) is 2.85. The van der Waals surface area contributed by atoms with E-state index in [9.17, 15) is 13.0 Å². The molecule has 0 aliphatic carbocycles. The maximum Gasteiger partial charge on any atom is 1.00 e. The van der Waals surface area contributed by atoms with Crippen LogP contribution in [0.25, 0.3) is 0 Å². The van der Waals surface area contributed by atoms with E-state index in [1.807, 2.05) is 0 Å². The molecule has 4 nitrogen and oxygen atoms in total. The van der Waals surface area contributed by atoms with Crippen molar-refractivity contribution in [3.63, 3.8) is 0 Å². The molecule has 0 radical (unpaired) electrons. The van der Waals surface area contributed by atoms with Crippen molar-refractivity contribution in [1.82, 2.24) is 0 Å². The van der Waals surface area contributed by atoms with Gasteiger partial charge in [-0.1, -0.05) is 90.4 Å². The average molecular weight is 387 g/mol. The summed E-state index contributed by atoms with van der Waals surface area (Å²) in [5.74, 6) is 0. The van der Waals surface area contributed by atoms with E-state index in [2.05, 4.69) is 11.1 Å². The van der Waals surface area contributed by atoms with Crippen LogP contribution in [0.2, 0.25) is 0 Å². The second-order valence-corrected chi connectivity index (χ2v) is 7.27. The smallest absolute Gasteiger partial charge is 0.716 e. The third kappa shape index (κ3) is 25.3. The first-order chi connectivity index (χ1) is 11.1. The van der Waals surface area contributed by atoms with E-state index in [4.69, 9.17) is 0 Å². The molecule has 24 heavy (non-hydrogen) atoms. The predicted molar refractivity (Wildman–Crippen MR) is 94.9 cm³/mol. The van der Waals surface area contributed by atoms with E-state index < -0.39 is 10.4 Å². The molecular formula is C18H35KO4S. The quantitative estimate of drug-likeness (QED) is 0.127. The zero-order chi connectivity index (χ0) is 17.2. The van der Waals surface area contributed by atoms with Gasteiger partial charge in [0.25, 0.3) is 10.4 Å². The van der Waals surface area contributed by atoms with E-state index in [0.717, 1.165) is 25.5 Å². The molecule has 0 N–H and O–H groups in total. The zero-order valence-electron chi connectivity index (χ0n) is 15.8. The van der Waals surface area contributed by atoms with Gasteiger partial charge in [0.15, 0.2) is 0 Å². The Balaban J connectivity index is 0. The standard InChI is InChI=1S/C18H36O4S.K/c1-2-3-4-5-6-7-8-9-10-11-12-13-14-15-16-17-18-22-23(19,20)21;/h17-18H,2-16H2,1H3,(H,19,20,21);/q;+1/p-1/b18-17+;. The zero-order valence-corrected chi connectivity index (χ0v) is 19.7. The van der Waals surface area contributed by atoms with Gasteiger partial charge in [-0.3, -0.25) is 0 Å². The predicted octanol–water partition coefficient (Wildman–Crippen LogP) is 2.85. The maximum absolute atomic E-state index is 10.2. The van der Waals surface area contributed by atoms with Crippen molar-refractivity contribution in [2.45, 2.75) is 103 Å². The minimum Gasteiger partial charge on any atom is -0.716 e. The van der Waals surface area contributed by atoms with Crippen LogP contribution in [0.4, 0.5) is 0 Å². The van der Waals surface area contributed by atoms with E-state index in [1.54, 1.807) is 6.08 Å². The van der Waals surface area contributed by atoms with Crippen LogP contribution in [0.5, 0.6) is 0 Å². The molecule has 0 amide bonds. The van der Waals surface area contributed by atoms with E-state index in [-0.39, 0.29) is 51.4 Å². The van der Waals surface area contributed by atoms with Crippen molar-refractivity contribution in [2.75, 3.05) is 0 Å². The number of rotatable bonds is 17. The van der Waals surface area contributed by atoms with Gasteiger partial charge in [-0.05, 0) is 18.9 Å². The largest absolute Gasteiger partial charge is 1.00 e. The topological polar surface area (TPSA) is 66.4 Å². The van der Waals surface area contributed by atoms with Crippen LogP contribution in [0, 0.1) is 0 Å². The SMILES string of the molecule is CCCCCCCCCCCCCCCC/C=C/OS(=O)(=O)[O-].[K+]. The Labute approximate surface area is 192 Å². The number of unbranched alkanes of at least 4 members (excludes halogenated alkanes) is 14. The minimum atomic E-state index is -4.58. The molecule has 0 heterocycles. The molecule has 0 aliphatic rings. The second kappa shape index (κ2) is 20.4. The first kappa shape index (κ1) is 27.3. The number of hydrogen-bond acceptors (Lipinski definition) is 4. The van der Waals surface area contributed by atoms with Gasteiger partial charge in [-0.25, -0.2) is 8.42 Å². The van der Waals surface area contributed by atoms with Crippen molar-refractivity contribution >= 4 is 10.4 Å². The van der Waals surface area contributed by atoms with Crippen molar-refractivity contribution in [1.29, 1.82) is 0 Å². The van der Waals surface area contributed by atoms with Gasteiger partial charge in [0.2, 0.25) is 0 Å². The van der Waals surface area contributed by atoms with Crippen molar-refractivity contribution in [2.24, 2.45) is 0 Å². The summed E-state index contributed by atoms with van der Waals surface area (Å²) in [5.41, 5.74) is 0. The van der Waals surface area contributed by atoms with E-state index in [0.29, 0.717) is 0 Å². The summed E-state index contributed by atoms with van der Waals surface area (Å²) in [6.07, 6.45) is 21.8. The van der Waals surface area contributed by atoms with E-state index >= 15 is 0 Å². The Kier molecular flexibility index (Phi) is 23.2. The molecule has 6 heteroatoms. The van der Waals surface area contributed by atoms with Crippen LogP contribution in [-0.2, 0) is 14.6 Å². The molecule has 0 aliphatic heterocycles. The summed E-state index contributed by atoms with van der Waals surface area (Å²) >= 11 is 0. The fourth-order valence-electron chi connectivity index (χ4n) is 2.63. The summed E-state index contributed by atoms with van der Waals surface area (Å²) < 4.78 is 34.5. The van der Waals surface area contributed by atoms with Crippen LogP contribution < -0.4 is 51.4 Å². The molecule has 0 atom stereocenters. The molecule has 0 bridgehead atoms. The normalized spacial score (nSPS) is 11.6. The van der Waals surface area contributed by atoms with Crippen LogP contribution in [-0.4, -0.2) is 13.0 Å². The monoisotopic (exact) mass is 386 g/mol. The van der Waals surface area contributed by atoms with E-state index in [1.165, 1.54) is 77.0 Å². The molecule has 0 aromatic carbocycles. The molecule has 0 unspecified atom stereocenters. The summed E-state index contributed by atoms with van der Waals surface area (Å²) in [6.45, 7) is 2.26. The third-order valence-corrected chi connectivity index (χ3v) is 4.34. The van der Waals surface area contributed by atoms with Crippen LogP contribution >= 0.6 is 0 Å². The van der Waals surface area contributed by atoms with Crippen molar-refractivity contribution < 1.29 is 68.5 Å². The Morgan fingerprint density at radius 1 is 0.750 bits per heavy atom. The van der Waals surface area contributed by atoms with Crippen LogP contribution in [0.15, 0.2) is 12.3 Å². The molecule has 0 aromatic heterocycles. The van der Waals surface area contributed by atoms with Gasteiger partial charge >= 0.3 is 51.4 Å². The molecule has 0 spiro atoms. The molecule has 0 aromatic rings. The Bertz CT molecular complexity index is 369. The molecular weight excluding hydrogens is 351 g/mol. The Hall–Kier alpha value is 1.09. The Morgan fingerprint density at radius 3 is 1.50 bits per heavy atom. The van der Waals surface area contributed by atoms with Gasteiger partial charge in [0, 0.05) is 0 Å². The van der Waals surface area contributed by atoms with Gasteiger partial charge in [0.05, 0.1) is 0 Å². The van der Waals surface area contributed by atoms with Gasteiger partial charge in [0.1, 0.15) is 6.26 Å².